The van der Waals surface area contributed by atoms with E-state index in [1.807, 2.05) is 24.3 Å². The molecule has 0 amide bonds. The van der Waals surface area contributed by atoms with E-state index in [1.54, 1.807) is 0 Å². The summed E-state index contributed by atoms with van der Waals surface area (Å²) in [5, 5.41) is 2.26. The van der Waals surface area contributed by atoms with Gasteiger partial charge in [0, 0.05) is 5.56 Å². The number of quaternary nitrogens is 1. The normalized spacial score (nSPS) is 12.3. The van der Waals surface area contributed by atoms with Gasteiger partial charge in [-0.2, -0.15) is 13.2 Å². The van der Waals surface area contributed by atoms with Gasteiger partial charge < -0.3 is 9.04 Å². The van der Waals surface area contributed by atoms with Crippen LogP contribution in [0, 0.1) is 0 Å². The Kier molecular flexibility index (Phi) is 12.2. The lowest BCUT2D eigenvalue weighted by Crippen LogP contribution is -2.53. The van der Waals surface area contributed by atoms with Gasteiger partial charge in [0.1, 0.15) is 6.54 Å². The Hall–Kier alpha value is -1.97. The molecule has 0 bridgehead atoms. The van der Waals surface area contributed by atoms with Gasteiger partial charge in [-0.25, -0.2) is 8.42 Å². The van der Waals surface area contributed by atoms with E-state index in [4.69, 9.17) is 13.0 Å². The van der Waals surface area contributed by atoms with Crippen molar-refractivity contribution >= 4 is 26.7 Å². The number of hydrogen-bond acceptors (Lipinski definition) is 4. The summed E-state index contributed by atoms with van der Waals surface area (Å²) in [6.45, 7) is 10.8. The number of unbranched alkanes of at least 4 members (excludes halogenated alkanes) is 3. The third-order valence-electron chi connectivity index (χ3n) is 5.81. The molecular formula is C25H36F3NO4S. The van der Waals surface area contributed by atoms with Crippen molar-refractivity contribution in [2.45, 2.75) is 64.8 Å². The van der Waals surface area contributed by atoms with Crippen LogP contribution in [0.15, 0.2) is 42.5 Å². The molecule has 0 unspecified atom stereocenters. The first-order valence-corrected chi connectivity index (χ1v) is 13.2. The molecule has 0 aliphatic carbocycles. The second-order valence-electron chi connectivity index (χ2n) is 8.58. The maximum atomic E-state index is 13.3. The maximum Gasteiger partial charge on any atom is 0.485 e. The minimum absolute atomic E-state index is 0.310. The fourth-order valence-corrected chi connectivity index (χ4v) is 3.91. The van der Waals surface area contributed by atoms with Gasteiger partial charge in [0.25, 0.3) is 0 Å². The van der Waals surface area contributed by atoms with Crippen molar-refractivity contribution in [1.29, 1.82) is 0 Å². The SMILES string of the molecule is CCCC[N+](CCCC)(CCCC)CC(=O)c1cccc2ccccc12.O=S(=O)([O-])C(F)(F)F. The predicted molar refractivity (Wildman–Crippen MR) is 128 cm³/mol. The van der Waals surface area contributed by atoms with Crippen LogP contribution in [-0.4, -0.2) is 54.9 Å². The molecule has 0 aromatic heterocycles. The van der Waals surface area contributed by atoms with Crippen molar-refractivity contribution in [3.05, 3.63) is 48.0 Å². The average molecular weight is 504 g/mol. The molecule has 0 saturated heterocycles. The minimum atomic E-state index is -6.09. The summed E-state index contributed by atoms with van der Waals surface area (Å²) in [7, 11) is -6.09. The third kappa shape index (κ3) is 9.35. The number of rotatable bonds is 12. The zero-order valence-electron chi connectivity index (χ0n) is 20.2. The van der Waals surface area contributed by atoms with Crippen LogP contribution in [0.5, 0.6) is 0 Å². The molecule has 9 heteroatoms. The molecular weight excluding hydrogens is 467 g/mol. The topological polar surface area (TPSA) is 74.3 Å². The summed E-state index contributed by atoms with van der Waals surface area (Å²) in [4.78, 5) is 13.3. The molecule has 2 aromatic rings. The van der Waals surface area contributed by atoms with Crippen LogP contribution in [0.25, 0.3) is 10.8 Å². The first kappa shape index (κ1) is 30.1. The van der Waals surface area contributed by atoms with Crippen molar-refractivity contribution in [3.8, 4) is 0 Å². The van der Waals surface area contributed by atoms with E-state index in [0.29, 0.717) is 12.3 Å². The molecule has 0 heterocycles. The van der Waals surface area contributed by atoms with Gasteiger partial charge in [0.2, 0.25) is 5.78 Å². The van der Waals surface area contributed by atoms with Gasteiger partial charge in [-0.15, -0.1) is 0 Å². The second-order valence-corrected chi connectivity index (χ2v) is 9.95. The summed E-state index contributed by atoms with van der Waals surface area (Å²) < 4.78 is 59.9. The molecule has 2 rings (SSSR count). The summed E-state index contributed by atoms with van der Waals surface area (Å²) >= 11 is 0. The van der Waals surface area contributed by atoms with Crippen molar-refractivity contribution in [3.63, 3.8) is 0 Å². The number of hydrogen-bond donors (Lipinski definition) is 0. The molecule has 34 heavy (non-hydrogen) atoms. The van der Waals surface area contributed by atoms with Gasteiger partial charge >= 0.3 is 5.51 Å². The Labute approximate surface area is 201 Å². The van der Waals surface area contributed by atoms with Gasteiger partial charge in [-0.1, -0.05) is 82.5 Å². The highest BCUT2D eigenvalue weighted by molar-refractivity contribution is 7.86. The Balaban J connectivity index is 0.000000620. The number of fused-ring (bicyclic) bond motifs is 1. The van der Waals surface area contributed by atoms with Gasteiger partial charge in [-0.3, -0.25) is 4.79 Å². The van der Waals surface area contributed by atoms with E-state index in [9.17, 15) is 18.0 Å². The van der Waals surface area contributed by atoms with E-state index in [1.165, 1.54) is 38.5 Å². The molecule has 0 fully saturated rings. The number of carbonyl (C=O) groups is 1. The minimum Gasteiger partial charge on any atom is -0.741 e. The van der Waals surface area contributed by atoms with Crippen LogP contribution >= 0.6 is 0 Å². The van der Waals surface area contributed by atoms with Crippen LogP contribution in [0.2, 0.25) is 0 Å². The number of ketones is 1. The number of halogens is 3. The van der Waals surface area contributed by atoms with Crippen LogP contribution in [0.4, 0.5) is 13.2 Å². The van der Waals surface area contributed by atoms with Crippen LogP contribution in [0.3, 0.4) is 0 Å². The van der Waals surface area contributed by atoms with Crippen molar-refractivity contribution in [1.82, 2.24) is 0 Å². The Morgan fingerprint density at radius 1 is 0.853 bits per heavy atom. The van der Waals surface area contributed by atoms with Crippen molar-refractivity contribution in [2.24, 2.45) is 0 Å². The van der Waals surface area contributed by atoms with E-state index < -0.39 is 15.6 Å². The Morgan fingerprint density at radius 3 is 1.74 bits per heavy atom. The molecule has 0 radical (unpaired) electrons. The largest absolute Gasteiger partial charge is 0.741 e. The summed E-state index contributed by atoms with van der Waals surface area (Å²) in [6, 6.07) is 14.4. The van der Waals surface area contributed by atoms with Crippen LogP contribution in [-0.2, 0) is 10.1 Å². The number of nitrogens with zero attached hydrogens (tertiary/aromatic N) is 1. The Morgan fingerprint density at radius 2 is 1.29 bits per heavy atom. The van der Waals surface area contributed by atoms with Gasteiger partial charge in [0.05, 0.1) is 19.6 Å². The summed E-state index contributed by atoms with van der Waals surface area (Å²) in [5.74, 6) is 0.310. The van der Waals surface area contributed by atoms with Crippen molar-refractivity contribution < 1.29 is 35.4 Å². The number of carbonyl (C=O) groups excluding carboxylic acids is 1. The predicted octanol–water partition coefficient (Wildman–Crippen LogP) is 6.29. The summed E-state index contributed by atoms with van der Waals surface area (Å²) in [6.07, 6.45) is 7.20. The van der Waals surface area contributed by atoms with E-state index >= 15 is 0 Å². The molecule has 2 aromatic carbocycles. The molecule has 0 atom stereocenters. The molecule has 0 aliphatic heterocycles. The standard InChI is InChI=1S/C24H36NO.CHF3O3S/c1-4-7-17-25(18-8-5-2,19-9-6-3)20-24(26)23-16-12-14-21-13-10-11-15-22(21)23;2-1(3,4)8(5,6)7/h10-16H,4-9,17-20H2,1-3H3;(H,5,6,7)/q+1;/p-1. The monoisotopic (exact) mass is 503 g/mol. The van der Waals surface area contributed by atoms with Crippen LogP contribution in [0.1, 0.15) is 69.7 Å². The molecule has 0 aliphatic rings. The zero-order valence-corrected chi connectivity index (χ0v) is 21.1. The fourth-order valence-electron chi connectivity index (χ4n) is 3.91. The lowest BCUT2D eigenvalue weighted by molar-refractivity contribution is -0.921. The number of Topliss-reactive ketones (excluding diaryl/α,β-unsaturated/α-hetero) is 1. The van der Waals surface area contributed by atoms with E-state index in [0.717, 1.165) is 40.5 Å². The van der Waals surface area contributed by atoms with E-state index in [2.05, 4.69) is 39.0 Å². The van der Waals surface area contributed by atoms with Crippen molar-refractivity contribution in [2.75, 3.05) is 26.2 Å². The molecule has 5 nitrogen and oxygen atoms in total. The molecule has 0 N–H and O–H groups in total. The highest BCUT2D eigenvalue weighted by atomic mass is 32.2. The lowest BCUT2D eigenvalue weighted by Gasteiger charge is -2.38. The fraction of sp³-hybridized carbons (Fsp3) is 0.560. The second kappa shape index (κ2) is 13.8. The smallest absolute Gasteiger partial charge is 0.485 e. The molecule has 192 valence electrons. The quantitative estimate of drug-likeness (QED) is 0.148. The maximum absolute atomic E-state index is 13.3. The van der Waals surface area contributed by atoms with Gasteiger partial charge in [-0.05, 0) is 30.0 Å². The number of benzene rings is 2. The summed E-state index contributed by atoms with van der Waals surface area (Å²) in [5.41, 5.74) is -4.75. The lowest BCUT2D eigenvalue weighted by atomic mass is 10.00. The molecule has 0 saturated carbocycles. The highest BCUT2D eigenvalue weighted by Gasteiger charge is 2.37. The first-order chi connectivity index (χ1) is 15.9. The highest BCUT2D eigenvalue weighted by Crippen LogP contribution is 2.22. The van der Waals surface area contributed by atoms with Gasteiger partial charge in [0.15, 0.2) is 10.1 Å². The first-order valence-electron chi connectivity index (χ1n) is 11.8. The van der Waals surface area contributed by atoms with E-state index in [-0.39, 0.29) is 0 Å². The third-order valence-corrected chi connectivity index (χ3v) is 6.38. The molecule has 0 spiro atoms. The number of alkyl halides is 3. The Bertz CT molecular complexity index is 980. The average Bonchev–Trinajstić information content (AvgIpc) is 2.78. The zero-order chi connectivity index (χ0) is 25.8. The van der Waals surface area contributed by atoms with Crippen LogP contribution < -0.4 is 0 Å².